The number of nitrogens with zero attached hydrogens (tertiary/aromatic N) is 6. The van der Waals surface area contributed by atoms with Crippen molar-refractivity contribution < 1.29 is 22.7 Å². The van der Waals surface area contributed by atoms with Gasteiger partial charge in [-0.25, -0.2) is 9.97 Å². The molecule has 47 heavy (non-hydrogen) atoms. The first-order valence-corrected chi connectivity index (χ1v) is 15.2. The quantitative estimate of drug-likeness (QED) is 0.243. The van der Waals surface area contributed by atoms with Crippen LogP contribution >= 0.6 is 0 Å². The van der Waals surface area contributed by atoms with Crippen LogP contribution in [0.25, 0.3) is 0 Å². The lowest BCUT2D eigenvalue weighted by Gasteiger charge is -2.33. The minimum absolute atomic E-state index is 0.0708. The standard InChI is InChI=1S/C34H37F3N8O2/c1-23-5-6-26(32(46)41-29-10-9-28(31(18-29)34(35,36)37)21-44-13-11-43(3)12-14-44)17-25(23)7-8-27-19-38-33(40-24(27)2)42-30-20-39-45(22-30)15-16-47-4/h5-6,9-10,17-20,22H,11-16,21H2,1-4H3,(H,41,46)(H,38,40,42). The van der Waals surface area contributed by atoms with Crippen LogP contribution in [0.4, 0.5) is 30.5 Å². The van der Waals surface area contributed by atoms with Gasteiger partial charge in [-0.1, -0.05) is 24.0 Å². The zero-order valence-corrected chi connectivity index (χ0v) is 26.8. The van der Waals surface area contributed by atoms with Crippen molar-refractivity contribution in [2.24, 2.45) is 0 Å². The molecule has 0 bridgehead atoms. The number of likely N-dealkylation sites (N-methyl/N-ethyl adjacent to an activating group) is 1. The van der Waals surface area contributed by atoms with Gasteiger partial charge in [0.1, 0.15) is 0 Å². The van der Waals surface area contributed by atoms with Gasteiger partial charge in [0.2, 0.25) is 5.95 Å². The first-order valence-electron chi connectivity index (χ1n) is 15.2. The van der Waals surface area contributed by atoms with Gasteiger partial charge >= 0.3 is 6.18 Å². The number of methoxy groups -OCH3 is 1. The Balaban J connectivity index is 1.27. The number of piperazine rings is 1. The minimum Gasteiger partial charge on any atom is -0.383 e. The molecular formula is C34H37F3N8O2. The summed E-state index contributed by atoms with van der Waals surface area (Å²) < 4.78 is 48.9. The van der Waals surface area contributed by atoms with E-state index in [0.29, 0.717) is 49.0 Å². The molecule has 4 aromatic rings. The third-order valence-electron chi connectivity index (χ3n) is 7.89. The van der Waals surface area contributed by atoms with Crippen LogP contribution in [0.5, 0.6) is 0 Å². The van der Waals surface area contributed by atoms with Crippen LogP contribution in [0.1, 0.15) is 43.9 Å². The molecule has 10 nitrogen and oxygen atoms in total. The number of rotatable bonds is 9. The van der Waals surface area contributed by atoms with Crippen molar-refractivity contribution in [1.29, 1.82) is 0 Å². The molecule has 246 valence electrons. The summed E-state index contributed by atoms with van der Waals surface area (Å²) in [4.78, 5) is 26.2. The van der Waals surface area contributed by atoms with E-state index in [2.05, 4.69) is 42.4 Å². The van der Waals surface area contributed by atoms with E-state index in [1.54, 1.807) is 42.4 Å². The summed E-state index contributed by atoms with van der Waals surface area (Å²) in [7, 11) is 3.63. The number of nitrogens with one attached hydrogen (secondary N) is 2. The average Bonchev–Trinajstić information content (AvgIpc) is 3.48. The van der Waals surface area contributed by atoms with Gasteiger partial charge in [-0.2, -0.15) is 18.3 Å². The molecule has 0 aliphatic carbocycles. The summed E-state index contributed by atoms with van der Waals surface area (Å²) in [5.41, 5.74) is 3.22. The van der Waals surface area contributed by atoms with Gasteiger partial charge in [-0.3, -0.25) is 14.4 Å². The maximum absolute atomic E-state index is 14.0. The molecule has 0 spiro atoms. The van der Waals surface area contributed by atoms with Gasteiger partial charge in [0.15, 0.2) is 0 Å². The van der Waals surface area contributed by atoms with E-state index in [1.165, 1.54) is 12.1 Å². The lowest BCUT2D eigenvalue weighted by molar-refractivity contribution is -0.138. The molecule has 2 aromatic heterocycles. The topological polar surface area (TPSA) is 100 Å². The van der Waals surface area contributed by atoms with Crippen LogP contribution in [0.3, 0.4) is 0 Å². The molecule has 0 unspecified atom stereocenters. The highest BCUT2D eigenvalue weighted by atomic mass is 19.4. The Morgan fingerprint density at radius 2 is 1.77 bits per heavy atom. The van der Waals surface area contributed by atoms with Crippen molar-refractivity contribution in [3.05, 3.63) is 94.1 Å². The number of halogens is 3. The van der Waals surface area contributed by atoms with E-state index in [-0.39, 0.29) is 23.4 Å². The maximum Gasteiger partial charge on any atom is 0.416 e. The molecule has 1 aliphatic heterocycles. The maximum atomic E-state index is 14.0. The van der Waals surface area contributed by atoms with E-state index in [9.17, 15) is 18.0 Å². The number of anilines is 3. The number of carbonyl (C=O) groups is 1. The molecule has 5 rings (SSSR count). The molecule has 1 amide bonds. The summed E-state index contributed by atoms with van der Waals surface area (Å²) in [6.45, 7) is 8.06. The fraction of sp³-hybridized carbons (Fsp3) is 0.353. The van der Waals surface area contributed by atoms with Crippen molar-refractivity contribution >= 4 is 23.2 Å². The molecule has 3 heterocycles. The monoisotopic (exact) mass is 646 g/mol. The second kappa shape index (κ2) is 14.8. The normalized spacial score (nSPS) is 14.0. The van der Waals surface area contributed by atoms with Gasteiger partial charge in [-0.05, 0) is 56.3 Å². The molecule has 1 saturated heterocycles. The largest absolute Gasteiger partial charge is 0.416 e. The number of amides is 1. The Bertz CT molecular complexity index is 1790. The summed E-state index contributed by atoms with van der Waals surface area (Å²) in [6.07, 6.45) is 0.564. The Hall–Kier alpha value is -4.77. The predicted octanol–water partition coefficient (Wildman–Crippen LogP) is 5.10. The summed E-state index contributed by atoms with van der Waals surface area (Å²) >= 11 is 0. The number of carbonyl (C=O) groups excluding carboxylic acids is 1. The molecule has 2 N–H and O–H groups in total. The molecule has 0 saturated carbocycles. The third-order valence-corrected chi connectivity index (χ3v) is 7.89. The van der Waals surface area contributed by atoms with Crippen molar-refractivity contribution in [1.82, 2.24) is 29.5 Å². The highest BCUT2D eigenvalue weighted by Gasteiger charge is 2.34. The van der Waals surface area contributed by atoms with Crippen molar-refractivity contribution in [2.45, 2.75) is 33.1 Å². The van der Waals surface area contributed by atoms with Crippen LogP contribution in [-0.4, -0.2) is 82.4 Å². The summed E-state index contributed by atoms with van der Waals surface area (Å²) in [5.74, 6) is 6.03. The van der Waals surface area contributed by atoms with Gasteiger partial charge in [-0.15, -0.1) is 0 Å². The number of alkyl halides is 3. The van der Waals surface area contributed by atoms with E-state index < -0.39 is 17.6 Å². The molecule has 1 fully saturated rings. The van der Waals surface area contributed by atoms with E-state index in [4.69, 9.17) is 4.74 Å². The van der Waals surface area contributed by atoms with E-state index >= 15 is 0 Å². The Morgan fingerprint density at radius 3 is 2.49 bits per heavy atom. The minimum atomic E-state index is -4.56. The zero-order valence-electron chi connectivity index (χ0n) is 26.8. The van der Waals surface area contributed by atoms with Crippen LogP contribution in [0, 0.1) is 25.7 Å². The van der Waals surface area contributed by atoms with Crippen LogP contribution < -0.4 is 10.6 Å². The zero-order chi connectivity index (χ0) is 33.6. The lowest BCUT2D eigenvalue weighted by Crippen LogP contribution is -2.44. The second-order valence-corrected chi connectivity index (χ2v) is 11.5. The summed E-state index contributed by atoms with van der Waals surface area (Å²) in [6, 6.07) is 8.97. The Morgan fingerprint density at radius 1 is 1.00 bits per heavy atom. The SMILES string of the molecule is COCCn1cc(Nc2ncc(C#Cc3cc(C(=O)Nc4ccc(CN5CCN(C)CC5)c(C(F)(F)F)c4)ccc3C)c(C)n2)cn1. The number of hydrogen-bond acceptors (Lipinski definition) is 8. The van der Waals surface area contributed by atoms with Gasteiger partial charge in [0.25, 0.3) is 5.91 Å². The highest BCUT2D eigenvalue weighted by molar-refractivity contribution is 6.04. The number of aromatic nitrogens is 4. The number of benzene rings is 2. The van der Waals surface area contributed by atoms with Gasteiger partial charge in [0, 0.05) is 69.0 Å². The van der Waals surface area contributed by atoms with E-state index in [1.807, 2.05) is 32.0 Å². The molecular weight excluding hydrogens is 609 g/mol. The number of ether oxygens (including phenoxy) is 1. The first kappa shape index (κ1) is 33.6. The molecule has 13 heteroatoms. The van der Waals surface area contributed by atoms with Crippen molar-refractivity contribution in [2.75, 3.05) is 57.6 Å². The van der Waals surface area contributed by atoms with Crippen LogP contribution in [0.15, 0.2) is 55.0 Å². The first-order chi connectivity index (χ1) is 22.5. The second-order valence-electron chi connectivity index (χ2n) is 11.5. The average molecular weight is 647 g/mol. The number of hydrogen-bond donors (Lipinski definition) is 2. The molecule has 0 radical (unpaired) electrons. The van der Waals surface area contributed by atoms with Crippen molar-refractivity contribution in [3.63, 3.8) is 0 Å². The smallest absolute Gasteiger partial charge is 0.383 e. The van der Waals surface area contributed by atoms with Crippen LogP contribution in [0.2, 0.25) is 0 Å². The third kappa shape index (κ3) is 8.94. The Labute approximate surface area is 272 Å². The van der Waals surface area contributed by atoms with E-state index in [0.717, 1.165) is 30.4 Å². The van der Waals surface area contributed by atoms with Gasteiger partial charge in [0.05, 0.1) is 41.9 Å². The molecule has 1 aliphatic rings. The molecule has 0 atom stereocenters. The van der Waals surface area contributed by atoms with Gasteiger partial charge < -0.3 is 20.3 Å². The predicted molar refractivity (Wildman–Crippen MR) is 173 cm³/mol. The van der Waals surface area contributed by atoms with Crippen LogP contribution in [-0.2, 0) is 24.0 Å². The lowest BCUT2D eigenvalue weighted by atomic mass is 10.0. The highest BCUT2D eigenvalue weighted by Crippen LogP contribution is 2.35. The Kier molecular flexibility index (Phi) is 10.6. The molecule has 2 aromatic carbocycles. The van der Waals surface area contributed by atoms with Crippen molar-refractivity contribution in [3.8, 4) is 11.8 Å². The fourth-order valence-electron chi connectivity index (χ4n) is 5.05. The fourth-order valence-corrected chi connectivity index (χ4v) is 5.05. The summed E-state index contributed by atoms with van der Waals surface area (Å²) in [5, 5.41) is 10.0. The number of aryl methyl sites for hydroxylation is 2.